The average Bonchev–Trinajstić information content (AvgIpc) is 2.70. The number of halogens is 2. The molecule has 3 N–H and O–H groups in total. The van der Waals surface area contributed by atoms with Gasteiger partial charge in [0.05, 0.1) is 12.1 Å². The Morgan fingerprint density at radius 3 is 2.52 bits per heavy atom. The third-order valence-corrected chi connectivity index (χ3v) is 4.83. The molecule has 0 bridgehead atoms. The van der Waals surface area contributed by atoms with Crippen LogP contribution in [0, 0.1) is 5.82 Å². The van der Waals surface area contributed by atoms with Crippen LogP contribution in [0.15, 0.2) is 36.4 Å². The highest BCUT2D eigenvalue weighted by atomic mass is 35.5. The van der Waals surface area contributed by atoms with Crippen LogP contribution in [-0.4, -0.2) is 35.9 Å². The smallest absolute Gasteiger partial charge is 0.332 e. The van der Waals surface area contributed by atoms with E-state index in [9.17, 15) is 14.3 Å². The highest BCUT2D eigenvalue weighted by Crippen LogP contribution is 2.28. The maximum atomic E-state index is 13.9. The van der Waals surface area contributed by atoms with Crippen LogP contribution < -0.4 is 14.8 Å². The maximum absolute atomic E-state index is 13.9. The van der Waals surface area contributed by atoms with Crippen LogP contribution in [0.2, 0.25) is 5.02 Å². The molecule has 0 aliphatic rings. The predicted octanol–water partition coefficient (Wildman–Crippen LogP) is 3.94. The molecule has 0 saturated carbocycles. The summed E-state index contributed by atoms with van der Waals surface area (Å²) in [6, 6.07) is 9.49. The largest absolute Gasteiger partial charge is 0.497 e. The first-order chi connectivity index (χ1) is 13.8. The second kappa shape index (κ2) is 11.0. The van der Waals surface area contributed by atoms with Gasteiger partial charge in [-0.25, -0.2) is 9.18 Å². The van der Waals surface area contributed by atoms with Crippen molar-refractivity contribution in [1.82, 2.24) is 5.32 Å². The van der Waals surface area contributed by atoms with Crippen LogP contribution in [-0.2, 0) is 11.4 Å². The number of benzene rings is 2. The van der Waals surface area contributed by atoms with E-state index in [1.54, 1.807) is 31.4 Å². The minimum atomic E-state index is -1.39. The molecule has 158 valence electrons. The lowest BCUT2D eigenvalue weighted by Gasteiger charge is -2.20. The highest BCUT2D eigenvalue weighted by Gasteiger charge is 2.17. The molecule has 8 heteroatoms. The van der Waals surface area contributed by atoms with E-state index < -0.39 is 17.9 Å². The molecular formula is C21H25ClFNO5. The van der Waals surface area contributed by atoms with Crippen molar-refractivity contribution in [2.24, 2.45) is 0 Å². The molecule has 0 aromatic heterocycles. The topological polar surface area (TPSA) is 88.0 Å². The molecule has 2 rings (SSSR count). The van der Waals surface area contributed by atoms with E-state index in [1.807, 2.05) is 6.92 Å². The van der Waals surface area contributed by atoms with Gasteiger partial charge in [-0.1, -0.05) is 11.6 Å². The van der Waals surface area contributed by atoms with Crippen molar-refractivity contribution < 1.29 is 28.9 Å². The lowest BCUT2D eigenvalue weighted by molar-refractivity contribution is -0.146. The number of rotatable bonds is 11. The van der Waals surface area contributed by atoms with Crippen molar-refractivity contribution >= 4 is 17.6 Å². The fourth-order valence-electron chi connectivity index (χ4n) is 2.84. The number of carboxylic acid groups (broad SMARTS) is 1. The number of ether oxygens (including phenoxy) is 2. The van der Waals surface area contributed by atoms with Gasteiger partial charge in [0.2, 0.25) is 0 Å². The molecule has 1 unspecified atom stereocenters. The van der Waals surface area contributed by atoms with Gasteiger partial charge in [0.15, 0.2) is 6.10 Å². The number of nitrogens with one attached hydrogen (secondary N) is 1. The zero-order valence-electron chi connectivity index (χ0n) is 16.3. The van der Waals surface area contributed by atoms with E-state index in [4.69, 9.17) is 26.2 Å². The molecule has 0 radical (unpaired) electrons. The molecular weight excluding hydrogens is 401 g/mol. The summed E-state index contributed by atoms with van der Waals surface area (Å²) in [5.74, 6) is -0.356. The van der Waals surface area contributed by atoms with Crippen LogP contribution in [0.3, 0.4) is 0 Å². The molecule has 0 fully saturated rings. The second-order valence-corrected chi connectivity index (χ2v) is 7.00. The number of hydrogen-bond donors (Lipinski definition) is 3. The summed E-state index contributed by atoms with van der Waals surface area (Å²) in [4.78, 5) is 10.6. The van der Waals surface area contributed by atoms with Crippen molar-refractivity contribution in [1.29, 1.82) is 0 Å². The Bertz CT molecular complexity index is 815. The number of hydrogen-bond acceptors (Lipinski definition) is 5. The van der Waals surface area contributed by atoms with Gasteiger partial charge in [-0.2, -0.15) is 0 Å². The summed E-state index contributed by atoms with van der Waals surface area (Å²) in [7, 11) is 1.58. The van der Waals surface area contributed by atoms with Crippen molar-refractivity contribution in [2.45, 2.75) is 38.5 Å². The van der Waals surface area contributed by atoms with Crippen LogP contribution in [0.1, 0.15) is 36.9 Å². The molecule has 0 amide bonds. The Balaban J connectivity index is 2.03. The number of aliphatic hydroxyl groups excluding tert-OH is 1. The van der Waals surface area contributed by atoms with E-state index in [1.165, 1.54) is 12.1 Å². The Labute approximate surface area is 174 Å². The van der Waals surface area contributed by atoms with Gasteiger partial charge in [0, 0.05) is 11.6 Å². The SMILES string of the molecule is COc1ccc(OCc2c(Cl)cc(F)cc2[C@H](C)NCCCC(O)C(=O)O)cc1. The standard InChI is InChI=1S/C21H25ClFNO5/c1-13(24-9-3-4-20(25)21(26)27)17-10-14(23)11-19(22)18(17)12-29-16-7-5-15(28-2)6-8-16/h5-8,10-11,13,20,24-25H,3-4,9,12H2,1-2H3,(H,26,27)/t13-,20?/m0/s1. The molecule has 29 heavy (non-hydrogen) atoms. The van der Waals surface area contributed by atoms with Crippen molar-refractivity contribution in [3.8, 4) is 11.5 Å². The number of aliphatic hydroxyl groups is 1. The predicted molar refractivity (Wildman–Crippen MR) is 108 cm³/mol. The number of carboxylic acids is 1. The Kier molecular flexibility index (Phi) is 8.70. The fraction of sp³-hybridized carbons (Fsp3) is 0.381. The summed E-state index contributed by atoms with van der Waals surface area (Å²) in [6.45, 7) is 2.47. The van der Waals surface area contributed by atoms with E-state index >= 15 is 0 Å². The molecule has 2 aromatic carbocycles. The lowest BCUT2D eigenvalue weighted by Crippen LogP contribution is -2.25. The van der Waals surface area contributed by atoms with Crippen LogP contribution in [0.4, 0.5) is 4.39 Å². The van der Waals surface area contributed by atoms with E-state index in [0.717, 1.165) is 0 Å². The van der Waals surface area contributed by atoms with Crippen LogP contribution in [0.5, 0.6) is 11.5 Å². The molecule has 6 nitrogen and oxygen atoms in total. The fourth-order valence-corrected chi connectivity index (χ4v) is 3.10. The number of carbonyl (C=O) groups is 1. The first-order valence-electron chi connectivity index (χ1n) is 9.20. The van der Waals surface area contributed by atoms with Gasteiger partial charge >= 0.3 is 5.97 Å². The monoisotopic (exact) mass is 425 g/mol. The Morgan fingerprint density at radius 1 is 1.24 bits per heavy atom. The molecule has 0 heterocycles. The Morgan fingerprint density at radius 2 is 1.90 bits per heavy atom. The number of aliphatic carboxylic acids is 1. The van der Waals surface area contributed by atoms with Crippen molar-refractivity contribution in [3.63, 3.8) is 0 Å². The molecule has 2 aromatic rings. The van der Waals surface area contributed by atoms with Crippen LogP contribution in [0.25, 0.3) is 0 Å². The average molecular weight is 426 g/mol. The zero-order valence-corrected chi connectivity index (χ0v) is 17.1. The number of methoxy groups -OCH3 is 1. The normalized spacial score (nSPS) is 13.0. The van der Waals surface area contributed by atoms with E-state index in [0.29, 0.717) is 35.6 Å². The minimum absolute atomic E-state index is 0.131. The molecule has 2 atom stereocenters. The first-order valence-corrected chi connectivity index (χ1v) is 9.58. The highest BCUT2D eigenvalue weighted by molar-refractivity contribution is 6.31. The molecule has 0 aliphatic carbocycles. The van der Waals surface area contributed by atoms with Crippen molar-refractivity contribution in [2.75, 3.05) is 13.7 Å². The molecule has 0 aliphatic heterocycles. The maximum Gasteiger partial charge on any atom is 0.332 e. The summed E-state index contributed by atoms with van der Waals surface area (Å²) < 4.78 is 24.8. The van der Waals surface area contributed by atoms with Gasteiger partial charge < -0.3 is 25.0 Å². The van der Waals surface area contributed by atoms with Gasteiger partial charge in [0.25, 0.3) is 0 Å². The third-order valence-electron chi connectivity index (χ3n) is 4.49. The minimum Gasteiger partial charge on any atom is -0.497 e. The van der Waals surface area contributed by atoms with Crippen molar-refractivity contribution in [3.05, 3.63) is 58.4 Å². The molecule has 0 spiro atoms. The summed E-state index contributed by atoms with van der Waals surface area (Å²) in [5.41, 5.74) is 1.32. The van der Waals surface area contributed by atoms with Gasteiger partial charge in [-0.3, -0.25) is 0 Å². The summed E-state index contributed by atoms with van der Waals surface area (Å²) in [5, 5.41) is 21.5. The Hall–Kier alpha value is -2.35. The van der Waals surface area contributed by atoms with Gasteiger partial charge in [0.1, 0.15) is 23.9 Å². The van der Waals surface area contributed by atoms with E-state index in [2.05, 4.69) is 5.32 Å². The quantitative estimate of drug-likeness (QED) is 0.472. The van der Waals surface area contributed by atoms with Gasteiger partial charge in [-0.15, -0.1) is 0 Å². The second-order valence-electron chi connectivity index (χ2n) is 6.59. The summed E-state index contributed by atoms with van der Waals surface area (Å²) in [6.07, 6.45) is -0.797. The van der Waals surface area contributed by atoms with E-state index in [-0.39, 0.29) is 24.1 Å². The van der Waals surface area contributed by atoms with Gasteiger partial charge in [-0.05, 0) is 68.3 Å². The molecule has 0 saturated heterocycles. The third kappa shape index (κ3) is 6.88. The van der Waals surface area contributed by atoms with Crippen LogP contribution >= 0.6 is 11.6 Å². The zero-order chi connectivity index (χ0) is 21.4. The summed E-state index contributed by atoms with van der Waals surface area (Å²) >= 11 is 6.26. The lowest BCUT2D eigenvalue weighted by atomic mass is 10.0. The first kappa shape index (κ1) is 22.9.